The highest BCUT2D eigenvalue weighted by atomic mass is 15.1. The molecule has 3 nitrogen and oxygen atoms in total. The second kappa shape index (κ2) is 5.70. The normalized spacial score (nSPS) is 14.8. The number of fused-ring (bicyclic) bond motifs is 1. The summed E-state index contributed by atoms with van der Waals surface area (Å²) in [5.41, 5.74) is 4.55. The van der Waals surface area contributed by atoms with Gasteiger partial charge in [0, 0.05) is 37.2 Å². The minimum absolute atomic E-state index is 0.817. The first-order valence-corrected chi connectivity index (χ1v) is 6.78. The molecule has 0 bridgehead atoms. The Labute approximate surface area is 119 Å². The van der Waals surface area contributed by atoms with Crippen molar-refractivity contribution in [2.75, 3.05) is 25.0 Å². The zero-order chi connectivity index (χ0) is 13.8. The fraction of sp³-hybridized carbons (Fsp3) is 0.176. The number of nitrogens with zero attached hydrogens (tertiary/aromatic N) is 3. The molecular weight excluding hydrogens is 246 g/mol. The number of hydrogen-bond acceptors (Lipinski definition) is 3. The number of hydrogen-bond donors (Lipinski definition) is 0. The van der Waals surface area contributed by atoms with Crippen LogP contribution in [0.3, 0.4) is 0 Å². The van der Waals surface area contributed by atoms with Gasteiger partial charge in [-0.15, -0.1) is 0 Å². The first-order chi connectivity index (χ1) is 9.84. The summed E-state index contributed by atoms with van der Waals surface area (Å²) < 4.78 is 0. The largest absolute Gasteiger partial charge is 0.372 e. The SMILES string of the molecule is CN1CCN=C(/C=C/c2cccnc2)c2ccccc21. The molecule has 1 aromatic carbocycles. The number of aliphatic imine (C=N–C) groups is 1. The molecule has 0 saturated carbocycles. The van der Waals surface area contributed by atoms with Crippen molar-refractivity contribution in [2.24, 2.45) is 4.99 Å². The molecule has 0 fully saturated rings. The molecule has 0 spiro atoms. The number of likely N-dealkylation sites (N-methyl/N-ethyl adjacent to an activating group) is 1. The molecule has 1 aliphatic rings. The number of aromatic nitrogens is 1. The molecular formula is C17H17N3. The number of pyridine rings is 1. The summed E-state index contributed by atoms with van der Waals surface area (Å²) >= 11 is 0. The van der Waals surface area contributed by atoms with Crippen LogP contribution < -0.4 is 4.90 Å². The zero-order valence-corrected chi connectivity index (χ0v) is 11.5. The third kappa shape index (κ3) is 2.62. The third-order valence-electron chi connectivity index (χ3n) is 3.43. The van der Waals surface area contributed by atoms with Gasteiger partial charge >= 0.3 is 0 Å². The van der Waals surface area contributed by atoms with E-state index in [0.29, 0.717) is 0 Å². The van der Waals surface area contributed by atoms with Gasteiger partial charge in [-0.25, -0.2) is 0 Å². The molecule has 0 saturated heterocycles. The predicted octanol–water partition coefficient (Wildman–Crippen LogP) is 3.03. The van der Waals surface area contributed by atoms with Gasteiger partial charge in [0.05, 0.1) is 12.3 Å². The molecule has 0 atom stereocenters. The van der Waals surface area contributed by atoms with Crippen molar-refractivity contribution < 1.29 is 0 Å². The minimum atomic E-state index is 0.817. The maximum atomic E-state index is 4.70. The van der Waals surface area contributed by atoms with Crippen molar-refractivity contribution in [1.82, 2.24) is 4.98 Å². The van der Waals surface area contributed by atoms with E-state index in [-0.39, 0.29) is 0 Å². The number of rotatable bonds is 2. The van der Waals surface area contributed by atoms with Crippen LogP contribution in [0.25, 0.3) is 6.08 Å². The lowest BCUT2D eigenvalue weighted by molar-refractivity contribution is 0.897. The highest BCUT2D eigenvalue weighted by Gasteiger charge is 2.13. The summed E-state index contributed by atoms with van der Waals surface area (Å²) in [6.45, 7) is 1.76. The molecule has 0 N–H and O–H groups in total. The van der Waals surface area contributed by atoms with Crippen LogP contribution in [0.2, 0.25) is 0 Å². The number of anilines is 1. The van der Waals surface area contributed by atoms with E-state index >= 15 is 0 Å². The van der Waals surface area contributed by atoms with Crippen LogP contribution in [0.15, 0.2) is 59.9 Å². The number of para-hydroxylation sites is 1. The lowest BCUT2D eigenvalue weighted by Gasteiger charge is -2.18. The summed E-state index contributed by atoms with van der Waals surface area (Å²) in [6.07, 6.45) is 7.78. The Morgan fingerprint density at radius 1 is 1.10 bits per heavy atom. The molecule has 0 unspecified atom stereocenters. The van der Waals surface area contributed by atoms with E-state index in [4.69, 9.17) is 4.99 Å². The van der Waals surface area contributed by atoms with E-state index in [1.165, 1.54) is 11.3 Å². The molecule has 0 amide bonds. The second-order valence-corrected chi connectivity index (χ2v) is 4.83. The van der Waals surface area contributed by atoms with E-state index < -0.39 is 0 Å². The summed E-state index contributed by atoms with van der Waals surface area (Å²) in [7, 11) is 2.11. The Hall–Kier alpha value is -2.42. The smallest absolute Gasteiger partial charge is 0.0668 e. The maximum Gasteiger partial charge on any atom is 0.0668 e. The van der Waals surface area contributed by atoms with Gasteiger partial charge in [-0.2, -0.15) is 0 Å². The molecule has 100 valence electrons. The van der Waals surface area contributed by atoms with Crippen molar-refractivity contribution in [2.45, 2.75) is 0 Å². The first kappa shape index (κ1) is 12.6. The second-order valence-electron chi connectivity index (χ2n) is 4.83. The van der Waals surface area contributed by atoms with E-state index in [9.17, 15) is 0 Å². The maximum absolute atomic E-state index is 4.70. The van der Waals surface area contributed by atoms with Crippen molar-refractivity contribution in [3.8, 4) is 0 Å². The van der Waals surface area contributed by atoms with E-state index in [1.54, 1.807) is 6.20 Å². The summed E-state index contributed by atoms with van der Waals surface area (Å²) in [6, 6.07) is 12.4. The predicted molar refractivity (Wildman–Crippen MR) is 84.4 cm³/mol. The van der Waals surface area contributed by atoms with Crippen LogP contribution in [0.4, 0.5) is 5.69 Å². The minimum Gasteiger partial charge on any atom is -0.372 e. The van der Waals surface area contributed by atoms with Gasteiger partial charge in [0.2, 0.25) is 0 Å². The summed E-state index contributed by atoms with van der Waals surface area (Å²) in [5, 5.41) is 0. The molecule has 2 heterocycles. The van der Waals surface area contributed by atoms with E-state index in [0.717, 1.165) is 24.4 Å². The lowest BCUT2D eigenvalue weighted by atomic mass is 10.1. The van der Waals surface area contributed by atoms with Crippen LogP contribution >= 0.6 is 0 Å². The topological polar surface area (TPSA) is 28.5 Å². The average molecular weight is 263 g/mol. The molecule has 20 heavy (non-hydrogen) atoms. The van der Waals surface area contributed by atoms with Gasteiger partial charge in [0.15, 0.2) is 0 Å². The molecule has 3 heteroatoms. The highest BCUT2D eigenvalue weighted by molar-refractivity contribution is 6.14. The quantitative estimate of drug-likeness (QED) is 0.833. The number of benzodiazepines with no additional fused rings is 1. The van der Waals surface area contributed by atoms with E-state index in [2.05, 4.69) is 53.3 Å². The molecule has 2 aromatic rings. The van der Waals surface area contributed by atoms with Gasteiger partial charge < -0.3 is 4.90 Å². The first-order valence-electron chi connectivity index (χ1n) is 6.78. The Balaban J connectivity index is 1.95. The molecule has 0 aliphatic carbocycles. The average Bonchev–Trinajstić information content (AvgIpc) is 2.66. The standard InChI is InChI=1S/C17H17N3/c1-20-12-11-19-16(15-6-2-3-7-17(15)20)9-8-14-5-4-10-18-13-14/h2-10,13H,11-12H2,1H3/b9-8+. The summed E-state index contributed by atoms with van der Waals surface area (Å²) in [4.78, 5) is 11.1. The van der Waals surface area contributed by atoms with Crippen molar-refractivity contribution >= 4 is 17.5 Å². The Morgan fingerprint density at radius 2 is 2.00 bits per heavy atom. The van der Waals surface area contributed by atoms with Crippen LogP contribution in [-0.4, -0.2) is 30.8 Å². The monoisotopic (exact) mass is 263 g/mol. The molecule has 0 radical (unpaired) electrons. The number of benzene rings is 1. The van der Waals surface area contributed by atoms with Gasteiger partial charge in [0.1, 0.15) is 0 Å². The fourth-order valence-corrected chi connectivity index (χ4v) is 2.34. The van der Waals surface area contributed by atoms with Gasteiger partial charge in [-0.1, -0.05) is 30.3 Å². The fourth-order valence-electron chi connectivity index (χ4n) is 2.34. The number of allylic oxidation sites excluding steroid dienone is 1. The lowest BCUT2D eigenvalue weighted by Crippen LogP contribution is -2.20. The third-order valence-corrected chi connectivity index (χ3v) is 3.43. The van der Waals surface area contributed by atoms with Gasteiger partial charge in [-0.05, 0) is 23.8 Å². The Bertz CT molecular complexity index is 644. The van der Waals surface area contributed by atoms with Crippen LogP contribution in [0.1, 0.15) is 11.1 Å². The molecule has 1 aromatic heterocycles. The van der Waals surface area contributed by atoms with Crippen LogP contribution in [-0.2, 0) is 0 Å². The molecule has 1 aliphatic heterocycles. The van der Waals surface area contributed by atoms with Crippen molar-refractivity contribution in [3.63, 3.8) is 0 Å². The Morgan fingerprint density at radius 3 is 2.85 bits per heavy atom. The zero-order valence-electron chi connectivity index (χ0n) is 11.5. The Kier molecular flexibility index (Phi) is 3.59. The van der Waals surface area contributed by atoms with Crippen LogP contribution in [0.5, 0.6) is 0 Å². The highest BCUT2D eigenvalue weighted by Crippen LogP contribution is 2.22. The van der Waals surface area contributed by atoms with Crippen molar-refractivity contribution in [1.29, 1.82) is 0 Å². The summed E-state index contributed by atoms with van der Waals surface area (Å²) in [5.74, 6) is 0. The van der Waals surface area contributed by atoms with Gasteiger partial charge in [0.25, 0.3) is 0 Å². The van der Waals surface area contributed by atoms with Crippen molar-refractivity contribution in [3.05, 3.63) is 66.0 Å². The van der Waals surface area contributed by atoms with E-state index in [1.807, 2.05) is 18.3 Å². The molecule has 3 rings (SSSR count). The van der Waals surface area contributed by atoms with Crippen LogP contribution in [0, 0.1) is 0 Å². The van der Waals surface area contributed by atoms with Gasteiger partial charge in [-0.3, -0.25) is 9.98 Å².